The molecule has 0 heterocycles. The van der Waals surface area contributed by atoms with Crippen LogP contribution in [0.4, 0.5) is 5.69 Å². The third kappa shape index (κ3) is 3.08. The molecule has 0 aliphatic rings. The molecule has 2 N–H and O–H groups in total. The van der Waals surface area contributed by atoms with Crippen LogP contribution in [0.2, 0.25) is 0 Å². The van der Waals surface area contributed by atoms with E-state index in [0.717, 1.165) is 11.4 Å². The first kappa shape index (κ1) is 13.0. The van der Waals surface area contributed by atoms with Gasteiger partial charge in [0.25, 0.3) is 0 Å². The van der Waals surface area contributed by atoms with Gasteiger partial charge in [0.15, 0.2) is 0 Å². The molecule has 0 bridgehead atoms. The van der Waals surface area contributed by atoms with E-state index in [2.05, 4.69) is 51.1 Å². The van der Waals surface area contributed by atoms with Gasteiger partial charge < -0.3 is 5.73 Å². The lowest BCUT2D eigenvalue weighted by atomic mass is 10.1. The summed E-state index contributed by atoms with van der Waals surface area (Å²) in [6, 6.07) is 12.8. The average Bonchev–Trinajstić information content (AvgIpc) is 2.34. The van der Waals surface area contributed by atoms with E-state index in [0.29, 0.717) is 0 Å². The molecule has 0 fully saturated rings. The monoisotopic (exact) mass is 257 g/mol. The summed E-state index contributed by atoms with van der Waals surface area (Å²) in [4.78, 5) is 1.27. The molecule has 0 amide bonds. The summed E-state index contributed by atoms with van der Waals surface area (Å²) >= 11 is 1.85. The van der Waals surface area contributed by atoms with Crippen LogP contribution in [0.1, 0.15) is 22.3 Å². The van der Waals surface area contributed by atoms with E-state index in [1.165, 1.54) is 27.1 Å². The minimum Gasteiger partial charge on any atom is -0.399 e. The molecule has 0 saturated heterocycles. The summed E-state index contributed by atoms with van der Waals surface area (Å²) in [5.74, 6) is 0.991. The van der Waals surface area contributed by atoms with Crippen LogP contribution in [0.5, 0.6) is 0 Å². The van der Waals surface area contributed by atoms with Crippen molar-refractivity contribution in [1.29, 1.82) is 0 Å². The number of nitrogen functional groups attached to an aromatic ring is 1. The zero-order chi connectivity index (χ0) is 13.1. The van der Waals surface area contributed by atoms with Crippen molar-refractivity contribution < 1.29 is 0 Å². The molecule has 2 aromatic carbocycles. The molecule has 1 nitrogen and oxygen atoms in total. The number of hydrogen-bond acceptors (Lipinski definition) is 2. The highest BCUT2D eigenvalue weighted by atomic mass is 32.2. The molecule has 0 spiro atoms. The Kier molecular flexibility index (Phi) is 3.97. The number of aryl methyl sites for hydroxylation is 3. The van der Waals surface area contributed by atoms with E-state index in [-0.39, 0.29) is 0 Å². The van der Waals surface area contributed by atoms with Gasteiger partial charge in [-0.1, -0.05) is 24.3 Å². The third-order valence-electron chi connectivity index (χ3n) is 3.18. The highest BCUT2D eigenvalue weighted by molar-refractivity contribution is 7.98. The molecule has 94 valence electrons. The van der Waals surface area contributed by atoms with Crippen molar-refractivity contribution in [3.63, 3.8) is 0 Å². The minimum atomic E-state index is 0.836. The van der Waals surface area contributed by atoms with E-state index in [4.69, 9.17) is 5.73 Å². The van der Waals surface area contributed by atoms with Gasteiger partial charge in [-0.2, -0.15) is 0 Å². The first-order valence-corrected chi connectivity index (χ1v) is 7.10. The lowest BCUT2D eigenvalue weighted by Crippen LogP contribution is -1.89. The second-order valence-corrected chi connectivity index (χ2v) is 5.75. The first-order chi connectivity index (χ1) is 8.56. The number of anilines is 1. The van der Waals surface area contributed by atoms with Gasteiger partial charge in [0.1, 0.15) is 0 Å². The van der Waals surface area contributed by atoms with Crippen molar-refractivity contribution in [2.75, 3.05) is 5.73 Å². The summed E-state index contributed by atoms with van der Waals surface area (Å²) in [7, 11) is 0. The fraction of sp³-hybridized carbons (Fsp3) is 0.250. The maximum atomic E-state index is 5.83. The quantitative estimate of drug-likeness (QED) is 0.648. The zero-order valence-corrected chi connectivity index (χ0v) is 12.0. The molecule has 0 unspecified atom stereocenters. The Morgan fingerprint density at radius 3 is 2.33 bits per heavy atom. The van der Waals surface area contributed by atoms with Gasteiger partial charge in [0.05, 0.1) is 0 Å². The molecular formula is C16H19NS. The number of nitrogens with two attached hydrogens (primary N) is 1. The Labute approximate surface area is 113 Å². The van der Waals surface area contributed by atoms with E-state index in [1.807, 2.05) is 17.8 Å². The molecule has 0 radical (unpaired) electrons. The fourth-order valence-corrected chi connectivity index (χ4v) is 2.84. The highest BCUT2D eigenvalue weighted by Crippen LogP contribution is 2.28. The Hall–Kier alpha value is -1.41. The Bertz CT molecular complexity index is 561. The second kappa shape index (κ2) is 5.49. The highest BCUT2D eigenvalue weighted by Gasteiger charge is 2.02. The van der Waals surface area contributed by atoms with E-state index < -0.39 is 0 Å². The van der Waals surface area contributed by atoms with Crippen LogP contribution in [-0.2, 0) is 5.75 Å². The predicted molar refractivity (Wildman–Crippen MR) is 81.1 cm³/mol. The van der Waals surface area contributed by atoms with Crippen LogP contribution in [0.15, 0.2) is 41.3 Å². The van der Waals surface area contributed by atoms with Crippen LogP contribution in [0.25, 0.3) is 0 Å². The summed E-state index contributed by atoms with van der Waals surface area (Å²) in [6.45, 7) is 6.44. The standard InChI is InChI=1S/C16H19NS/c1-11-4-6-14(8-13(11)3)10-18-16-9-15(17)7-5-12(16)2/h4-9H,10,17H2,1-3H3. The Morgan fingerprint density at radius 1 is 0.889 bits per heavy atom. The van der Waals surface area contributed by atoms with Gasteiger partial charge in [0, 0.05) is 16.3 Å². The van der Waals surface area contributed by atoms with Crippen molar-refractivity contribution in [3.8, 4) is 0 Å². The summed E-state index contributed by atoms with van der Waals surface area (Å²) in [6.07, 6.45) is 0. The van der Waals surface area contributed by atoms with E-state index >= 15 is 0 Å². The third-order valence-corrected chi connectivity index (χ3v) is 4.41. The lowest BCUT2D eigenvalue weighted by molar-refractivity contribution is 1.26. The minimum absolute atomic E-state index is 0.836. The maximum Gasteiger partial charge on any atom is 0.0325 e. The predicted octanol–water partition coefficient (Wildman–Crippen LogP) is 4.49. The Balaban J connectivity index is 2.11. The molecule has 0 aromatic heterocycles. The number of rotatable bonds is 3. The Morgan fingerprint density at radius 2 is 1.61 bits per heavy atom. The fourth-order valence-electron chi connectivity index (χ4n) is 1.83. The average molecular weight is 257 g/mol. The molecule has 2 aromatic rings. The smallest absolute Gasteiger partial charge is 0.0325 e. The van der Waals surface area contributed by atoms with Crippen LogP contribution >= 0.6 is 11.8 Å². The molecule has 0 aliphatic heterocycles. The first-order valence-electron chi connectivity index (χ1n) is 6.11. The second-order valence-electron chi connectivity index (χ2n) is 4.73. The SMILES string of the molecule is Cc1ccc(CSc2cc(N)ccc2C)cc1C. The van der Waals surface area contributed by atoms with Crippen molar-refractivity contribution in [3.05, 3.63) is 58.7 Å². The van der Waals surface area contributed by atoms with Gasteiger partial charge in [0.2, 0.25) is 0 Å². The van der Waals surface area contributed by atoms with Crippen LogP contribution in [-0.4, -0.2) is 0 Å². The molecule has 0 saturated carbocycles. The lowest BCUT2D eigenvalue weighted by Gasteiger charge is -2.08. The maximum absolute atomic E-state index is 5.83. The van der Waals surface area contributed by atoms with Gasteiger partial charge in [-0.3, -0.25) is 0 Å². The molecular weight excluding hydrogens is 238 g/mol. The van der Waals surface area contributed by atoms with Gasteiger partial charge in [-0.05, 0) is 55.2 Å². The number of benzene rings is 2. The van der Waals surface area contributed by atoms with Gasteiger partial charge in [-0.25, -0.2) is 0 Å². The largest absolute Gasteiger partial charge is 0.399 e. The number of hydrogen-bond donors (Lipinski definition) is 1. The molecule has 2 heteroatoms. The van der Waals surface area contributed by atoms with Crippen molar-refractivity contribution in [1.82, 2.24) is 0 Å². The normalized spacial score (nSPS) is 10.6. The number of thioether (sulfide) groups is 1. The van der Waals surface area contributed by atoms with Crippen LogP contribution < -0.4 is 5.73 Å². The van der Waals surface area contributed by atoms with Crippen molar-refractivity contribution in [2.45, 2.75) is 31.4 Å². The molecule has 0 atom stereocenters. The van der Waals surface area contributed by atoms with Crippen LogP contribution in [0.3, 0.4) is 0 Å². The zero-order valence-electron chi connectivity index (χ0n) is 11.2. The molecule has 18 heavy (non-hydrogen) atoms. The van der Waals surface area contributed by atoms with E-state index in [9.17, 15) is 0 Å². The van der Waals surface area contributed by atoms with Gasteiger partial charge >= 0.3 is 0 Å². The summed E-state index contributed by atoms with van der Waals surface area (Å²) in [5, 5.41) is 0. The van der Waals surface area contributed by atoms with Crippen molar-refractivity contribution in [2.24, 2.45) is 0 Å². The molecule has 2 rings (SSSR count). The van der Waals surface area contributed by atoms with E-state index in [1.54, 1.807) is 0 Å². The molecule has 0 aliphatic carbocycles. The summed E-state index contributed by atoms with van der Waals surface area (Å²) in [5.41, 5.74) is 12.0. The summed E-state index contributed by atoms with van der Waals surface area (Å²) < 4.78 is 0. The van der Waals surface area contributed by atoms with Crippen LogP contribution in [0, 0.1) is 20.8 Å². The topological polar surface area (TPSA) is 26.0 Å². The van der Waals surface area contributed by atoms with Gasteiger partial charge in [-0.15, -0.1) is 11.8 Å². The van der Waals surface area contributed by atoms with Crippen molar-refractivity contribution >= 4 is 17.4 Å².